The molecule has 0 spiro atoms. The second-order valence-corrected chi connectivity index (χ2v) is 2.99. The Morgan fingerprint density at radius 3 is 2.93 bits per heavy atom. The summed E-state index contributed by atoms with van der Waals surface area (Å²) in [6.45, 7) is 2.85. The maximum atomic E-state index is 4.24. The molecule has 1 unspecified atom stereocenters. The molecule has 2 rings (SSSR count). The zero-order chi connectivity index (χ0) is 10.5. The molecule has 0 radical (unpaired) electrons. The van der Waals surface area contributed by atoms with Gasteiger partial charge in [0, 0.05) is 12.4 Å². The SMILES string of the molecule is CCNC(c1cnccn1)c1ncn[nH]1. The van der Waals surface area contributed by atoms with E-state index in [0.717, 1.165) is 18.1 Å². The number of nitrogens with zero attached hydrogens (tertiary/aromatic N) is 4. The van der Waals surface area contributed by atoms with Gasteiger partial charge in [-0.2, -0.15) is 5.10 Å². The molecule has 0 amide bonds. The Labute approximate surface area is 87.2 Å². The highest BCUT2D eigenvalue weighted by molar-refractivity contribution is 5.12. The van der Waals surface area contributed by atoms with Crippen LogP contribution in [-0.2, 0) is 0 Å². The second-order valence-electron chi connectivity index (χ2n) is 2.99. The van der Waals surface area contributed by atoms with Crippen molar-refractivity contribution >= 4 is 0 Å². The molecule has 0 aromatic carbocycles. The van der Waals surface area contributed by atoms with Gasteiger partial charge in [-0.05, 0) is 6.54 Å². The van der Waals surface area contributed by atoms with Crippen molar-refractivity contribution in [2.75, 3.05) is 6.54 Å². The van der Waals surface area contributed by atoms with Crippen LogP contribution in [0.3, 0.4) is 0 Å². The van der Waals surface area contributed by atoms with Gasteiger partial charge in [-0.1, -0.05) is 6.92 Å². The summed E-state index contributed by atoms with van der Waals surface area (Å²) in [4.78, 5) is 12.4. The van der Waals surface area contributed by atoms with E-state index in [-0.39, 0.29) is 6.04 Å². The molecule has 78 valence electrons. The van der Waals surface area contributed by atoms with Crippen LogP contribution >= 0.6 is 0 Å². The fraction of sp³-hybridized carbons (Fsp3) is 0.333. The van der Waals surface area contributed by atoms with Crippen LogP contribution in [-0.4, -0.2) is 31.7 Å². The molecule has 0 saturated heterocycles. The average molecular weight is 204 g/mol. The highest BCUT2D eigenvalue weighted by Crippen LogP contribution is 2.14. The Bertz CT molecular complexity index is 384. The van der Waals surface area contributed by atoms with Crippen molar-refractivity contribution in [2.45, 2.75) is 13.0 Å². The topological polar surface area (TPSA) is 79.4 Å². The molecule has 2 N–H and O–H groups in total. The van der Waals surface area contributed by atoms with Gasteiger partial charge < -0.3 is 5.32 Å². The van der Waals surface area contributed by atoms with Crippen LogP contribution in [0.5, 0.6) is 0 Å². The lowest BCUT2D eigenvalue weighted by molar-refractivity contribution is 0.583. The van der Waals surface area contributed by atoms with E-state index in [9.17, 15) is 0 Å². The molecule has 0 saturated carbocycles. The van der Waals surface area contributed by atoms with Crippen LogP contribution in [0.2, 0.25) is 0 Å². The van der Waals surface area contributed by atoms with Crippen LogP contribution in [0.25, 0.3) is 0 Å². The first-order valence-corrected chi connectivity index (χ1v) is 4.76. The Kier molecular flexibility index (Phi) is 2.99. The fourth-order valence-electron chi connectivity index (χ4n) is 1.36. The lowest BCUT2D eigenvalue weighted by Crippen LogP contribution is -2.24. The minimum Gasteiger partial charge on any atom is -0.303 e. The summed E-state index contributed by atoms with van der Waals surface area (Å²) in [7, 11) is 0. The van der Waals surface area contributed by atoms with E-state index in [0.29, 0.717) is 0 Å². The third-order valence-corrected chi connectivity index (χ3v) is 1.99. The highest BCUT2D eigenvalue weighted by Gasteiger charge is 2.16. The largest absolute Gasteiger partial charge is 0.303 e. The number of rotatable bonds is 4. The molecular formula is C9H12N6. The molecule has 6 nitrogen and oxygen atoms in total. The van der Waals surface area contributed by atoms with Gasteiger partial charge in [0.05, 0.1) is 11.9 Å². The molecular weight excluding hydrogens is 192 g/mol. The highest BCUT2D eigenvalue weighted by atomic mass is 15.2. The van der Waals surface area contributed by atoms with Crippen LogP contribution < -0.4 is 5.32 Å². The third-order valence-electron chi connectivity index (χ3n) is 1.99. The minimum atomic E-state index is -0.0776. The van der Waals surface area contributed by atoms with E-state index in [1.165, 1.54) is 6.33 Å². The van der Waals surface area contributed by atoms with Gasteiger partial charge in [0.1, 0.15) is 18.2 Å². The van der Waals surface area contributed by atoms with Crippen LogP contribution in [0.4, 0.5) is 0 Å². The fourth-order valence-corrected chi connectivity index (χ4v) is 1.36. The van der Waals surface area contributed by atoms with E-state index in [1.54, 1.807) is 18.6 Å². The van der Waals surface area contributed by atoms with Gasteiger partial charge in [0.15, 0.2) is 0 Å². The van der Waals surface area contributed by atoms with E-state index in [1.807, 2.05) is 6.92 Å². The molecule has 15 heavy (non-hydrogen) atoms. The van der Waals surface area contributed by atoms with Crippen molar-refractivity contribution in [1.29, 1.82) is 0 Å². The van der Waals surface area contributed by atoms with E-state index < -0.39 is 0 Å². The van der Waals surface area contributed by atoms with Crippen molar-refractivity contribution in [3.8, 4) is 0 Å². The molecule has 2 heterocycles. The first kappa shape index (κ1) is 9.72. The Balaban J connectivity index is 2.28. The average Bonchev–Trinajstić information content (AvgIpc) is 2.80. The van der Waals surface area contributed by atoms with Gasteiger partial charge in [0.2, 0.25) is 0 Å². The summed E-state index contributed by atoms with van der Waals surface area (Å²) in [6.07, 6.45) is 6.51. The quantitative estimate of drug-likeness (QED) is 0.748. The third kappa shape index (κ3) is 2.16. The number of aromatic nitrogens is 5. The molecule has 2 aromatic heterocycles. The standard InChI is InChI=1S/C9H12N6/c1-2-11-8(9-13-6-14-15-9)7-5-10-3-4-12-7/h3-6,8,11H,2H2,1H3,(H,13,14,15). The van der Waals surface area contributed by atoms with E-state index >= 15 is 0 Å². The number of hydrogen-bond acceptors (Lipinski definition) is 5. The van der Waals surface area contributed by atoms with Gasteiger partial charge >= 0.3 is 0 Å². The molecule has 1 atom stereocenters. The Morgan fingerprint density at radius 2 is 2.33 bits per heavy atom. The maximum Gasteiger partial charge on any atom is 0.147 e. The van der Waals surface area contributed by atoms with Crippen molar-refractivity contribution < 1.29 is 0 Å². The summed E-state index contributed by atoms with van der Waals surface area (Å²) in [5, 5.41) is 9.92. The van der Waals surface area contributed by atoms with Crippen LogP contribution in [0.15, 0.2) is 24.9 Å². The Morgan fingerprint density at radius 1 is 1.40 bits per heavy atom. The molecule has 0 fully saturated rings. The van der Waals surface area contributed by atoms with Crippen molar-refractivity contribution in [2.24, 2.45) is 0 Å². The smallest absolute Gasteiger partial charge is 0.147 e. The molecule has 0 aliphatic carbocycles. The first-order chi connectivity index (χ1) is 7.42. The number of H-pyrrole nitrogens is 1. The number of nitrogens with one attached hydrogen (secondary N) is 2. The molecule has 0 aliphatic heterocycles. The zero-order valence-corrected chi connectivity index (χ0v) is 8.38. The Hall–Kier alpha value is -1.82. The van der Waals surface area contributed by atoms with Crippen molar-refractivity contribution in [1.82, 2.24) is 30.5 Å². The van der Waals surface area contributed by atoms with Gasteiger partial charge in [-0.3, -0.25) is 15.1 Å². The predicted octanol–water partition coefficient (Wildman–Crippen LogP) is 0.294. The summed E-state index contributed by atoms with van der Waals surface area (Å²) in [5.41, 5.74) is 0.830. The first-order valence-electron chi connectivity index (χ1n) is 4.76. The van der Waals surface area contributed by atoms with Gasteiger partial charge in [0.25, 0.3) is 0 Å². The van der Waals surface area contributed by atoms with Crippen LogP contribution in [0.1, 0.15) is 24.5 Å². The number of hydrogen-bond donors (Lipinski definition) is 2. The van der Waals surface area contributed by atoms with Crippen molar-refractivity contribution in [3.63, 3.8) is 0 Å². The van der Waals surface area contributed by atoms with Crippen LogP contribution in [0, 0.1) is 0 Å². The lowest BCUT2D eigenvalue weighted by atomic mass is 10.2. The lowest BCUT2D eigenvalue weighted by Gasteiger charge is -2.13. The predicted molar refractivity (Wildman–Crippen MR) is 53.9 cm³/mol. The van der Waals surface area contributed by atoms with Gasteiger partial charge in [-0.25, -0.2) is 4.98 Å². The summed E-state index contributed by atoms with van der Waals surface area (Å²) < 4.78 is 0. The molecule has 2 aromatic rings. The normalized spacial score (nSPS) is 12.6. The van der Waals surface area contributed by atoms with Crippen molar-refractivity contribution in [3.05, 3.63) is 36.4 Å². The molecule has 6 heteroatoms. The minimum absolute atomic E-state index is 0.0776. The van der Waals surface area contributed by atoms with E-state index in [2.05, 4.69) is 30.5 Å². The summed E-state index contributed by atoms with van der Waals surface area (Å²) in [6, 6.07) is -0.0776. The summed E-state index contributed by atoms with van der Waals surface area (Å²) in [5.74, 6) is 0.748. The summed E-state index contributed by atoms with van der Waals surface area (Å²) >= 11 is 0. The molecule has 0 aliphatic rings. The van der Waals surface area contributed by atoms with Gasteiger partial charge in [-0.15, -0.1) is 0 Å². The molecule has 0 bridgehead atoms. The monoisotopic (exact) mass is 204 g/mol. The second kappa shape index (κ2) is 4.61. The maximum absolute atomic E-state index is 4.24. The van der Waals surface area contributed by atoms with E-state index in [4.69, 9.17) is 0 Å². The zero-order valence-electron chi connectivity index (χ0n) is 8.38. The number of aromatic amines is 1.